The van der Waals surface area contributed by atoms with Crippen molar-refractivity contribution in [3.05, 3.63) is 18.0 Å². The molecule has 3 atom stereocenters. The Labute approximate surface area is 112 Å². The lowest BCUT2D eigenvalue weighted by molar-refractivity contribution is 0.171. The molecule has 102 valence electrons. The fraction of sp³-hybridized carbons (Fsp3) is 0.769. The number of aromatic nitrogens is 2. The monoisotopic (exact) mass is 268 g/mol. The molecule has 0 aromatic carbocycles. The van der Waals surface area contributed by atoms with Crippen molar-refractivity contribution in [1.29, 1.82) is 0 Å². The van der Waals surface area contributed by atoms with Gasteiger partial charge < -0.3 is 10.6 Å². The lowest BCUT2D eigenvalue weighted by Gasteiger charge is -2.40. The van der Waals surface area contributed by atoms with Crippen LogP contribution in [0, 0.1) is 0 Å². The summed E-state index contributed by atoms with van der Waals surface area (Å²) >= 11 is 0. The molecule has 3 rings (SSSR count). The van der Waals surface area contributed by atoms with Crippen molar-refractivity contribution in [2.45, 2.75) is 43.9 Å². The number of nitrogens with two attached hydrogens (primary N) is 1. The normalized spacial score (nSPS) is 29.8. The van der Waals surface area contributed by atoms with Gasteiger partial charge >= 0.3 is 0 Å². The van der Waals surface area contributed by atoms with E-state index in [2.05, 4.69) is 37.0 Å². The van der Waals surface area contributed by atoms with Gasteiger partial charge in [0.25, 0.3) is 0 Å². The molecule has 5 heteroatoms. The highest BCUT2D eigenvalue weighted by atomic mass is 31.0. The fourth-order valence-corrected chi connectivity index (χ4v) is 3.81. The Morgan fingerprint density at radius 1 is 1.39 bits per heavy atom. The third-order valence-electron chi connectivity index (χ3n) is 4.35. The summed E-state index contributed by atoms with van der Waals surface area (Å²) < 4.78 is 2.10. The van der Waals surface area contributed by atoms with Crippen molar-refractivity contribution >= 4 is 9.24 Å². The van der Waals surface area contributed by atoms with Gasteiger partial charge in [-0.3, -0.25) is 4.68 Å². The molecule has 2 aliphatic rings. The Hall–Kier alpha value is -0.440. The molecular formula is C13H25N4P. The topological polar surface area (TPSA) is 47.1 Å². The van der Waals surface area contributed by atoms with E-state index in [4.69, 9.17) is 5.73 Å². The second kappa shape index (κ2) is 5.28. The minimum atomic E-state index is 0.162. The second-order valence-corrected chi connectivity index (χ2v) is 5.82. The van der Waals surface area contributed by atoms with Crippen LogP contribution in [0.4, 0.5) is 0 Å². The Bertz CT molecular complexity index is 395. The first kappa shape index (κ1) is 14.0. The second-order valence-electron chi connectivity index (χ2n) is 5.14. The molecule has 0 bridgehead atoms. The zero-order valence-electron chi connectivity index (χ0n) is 11.6. The van der Waals surface area contributed by atoms with Crippen LogP contribution < -0.4 is 5.73 Å². The zero-order chi connectivity index (χ0) is 13.3. The van der Waals surface area contributed by atoms with E-state index in [0.29, 0.717) is 0 Å². The molecule has 3 heterocycles. The summed E-state index contributed by atoms with van der Waals surface area (Å²) in [5.74, 6) is 0.258. The van der Waals surface area contributed by atoms with Crippen LogP contribution in [-0.4, -0.2) is 40.9 Å². The molecule has 2 aliphatic heterocycles. The number of hydrogen-bond acceptors (Lipinski definition) is 3. The first-order valence-corrected chi connectivity index (χ1v) is 7.55. The van der Waals surface area contributed by atoms with Gasteiger partial charge in [0.1, 0.15) is 0 Å². The number of nitrogens with zero attached hydrogens (tertiary/aromatic N) is 3. The summed E-state index contributed by atoms with van der Waals surface area (Å²) in [6.07, 6.45) is 4.21. The molecule has 0 radical (unpaired) electrons. The Morgan fingerprint density at radius 2 is 2.00 bits per heavy atom. The van der Waals surface area contributed by atoms with Gasteiger partial charge in [0.15, 0.2) is 0 Å². The summed E-state index contributed by atoms with van der Waals surface area (Å²) in [6, 6.07) is 2.34. The van der Waals surface area contributed by atoms with E-state index in [1.807, 2.05) is 20.0 Å². The SMILES string of the molecule is CC.CN1CCC2(CC1)c1ccnn1C(P)C2N. The molecule has 1 saturated heterocycles. The van der Waals surface area contributed by atoms with Crippen molar-refractivity contribution in [2.75, 3.05) is 20.1 Å². The molecule has 2 N–H and O–H groups in total. The molecule has 0 amide bonds. The van der Waals surface area contributed by atoms with Crippen LogP contribution in [0.5, 0.6) is 0 Å². The van der Waals surface area contributed by atoms with Crippen molar-refractivity contribution in [3.8, 4) is 0 Å². The minimum Gasteiger partial charge on any atom is -0.325 e. The van der Waals surface area contributed by atoms with Crippen LogP contribution in [0.1, 0.15) is 38.2 Å². The summed E-state index contributed by atoms with van der Waals surface area (Å²) in [4.78, 5) is 2.38. The van der Waals surface area contributed by atoms with E-state index in [9.17, 15) is 0 Å². The van der Waals surface area contributed by atoms with E-state index in [1.165, 1.54) is 5.69 Å². The van der Waals surface area contributed by atoms with Crippen LogP contribution in [0.25, 0.3) is 0 Å². The molecule has 3 unspecified atom stereocenters. The number of fused-ring (bicyclic) bond motifs is 2. The van der Waals surface area contributed by atoms with E-state index in [1.54, 1.807) is 0 Å². The first-order chi connectivity index (χ1) is 8.65. The first-order valence-electron chi connectivity index (χ1n) is 6.89. The summed E-state index contributed by atoms with van der Waals surface area (Å²) in [5, 5.41) is 4.40. The van der Waals surface area contributed by atoms with Gasteiger partial charge in [-0.1, -0.05) is 13.8 Å². The number of likely N-dealkylation sites (tertiary alicyclic amines) is 1. The quantitative estimate of drug-likeness (QED) is 0.727. The third-order valence-corrected chi connectivity index (χ3v) is 5.05. The van der Waals surface area contributed by atoms with Crippen molar-refractivity contribution in [3.63, 3.8) is 0 Å². The Kier molecular flexibility index (Phi) is 4.10. The number of rotatable bonds is 0. The molecule has 18 heavy (non-hydrogen) atoms. The maximum atomic E-state index is 6.43. The van der Waals surface area contributed by atoms with Crippen LogP contribution in [0.3, 0.4) is 0 Å². The molecule has 1 fully saturated rings. The number of piperidine rings is 1. The van der Waals surface area contributed by atoms with E-state index < -0.39 is 0 Å². The summed E-state index contributed by atoms with van der Waals surface area (Å²) in [6.45, 7) is 6.27. The average molecular weight is 268 g/mol. The van der Waals surface area contributed by atoms with Crippen molar-refractivity contribution < 1.29 is 0 Å². The Morgan fingerprint density at radius 3 is 2.61 bits per heavy atom. The van der Waals surface area contributed by atoms with Crippen LogP contribution in [0.2, 0.25) is 0 Å². The lowest BCUT2D eigenvalue weighted by Crippen LogP contribution is -2.50. The maximum Gasteiger partial charge on any atom is 0.0817 e. The van der Waals surface area contributed by atoms with Gasteiger partial charge in [-0.15, -0.1) is 9.24 Å². The minimum absolute atomic E-state index is 0.162. The third kappa shape index (κ3) is 1.91. The summed E-state index contributed by atoms with van der Waals surface area (Å²) in [7, 11) is 5.03. The molecular weight excluding hydrogens is 243 g/mol. The highest BCUT2D eigenvalue weighted by molar-refractivity contribution is 7.16. The van der Waals surface area contributed by atoms with Crippen LogP contribution >= 0.6 is 9.24 Å². The Balaban J connectivity index is 0.000000574. The summed E-state index contributed by atoms with van der Waals surface area (Å²) in [5.41, 5.74) is 7.93. The molecule has 1 aromatic heterocycles. The molecule has 4 nitrogen and oxygen atoms in total. The molecule has 0 saturated carbocycles. The van der Waals surface area contributed by atoms with Gasteiger partial charge in [-0.2, -0.15) is 5.10 Å². The van der Waals surface area contributed by atoms with Gasteiger partial charge in [0, 0.05) is 23.3 Å². The number of hydrogen-bond donors (Lipinski definition) is 1. The molecule has 1 aromatic rings. The largest absolute Gasteiger partial charge is 0.325 e. The van der Waals surface area contributed by atoms with E-state index in [0.717, 1.165) is 25.9 Å². The smallest absolute Gasteiger partial charge is 0.0817 e. The zero-order valence-corrected chi connectivity index (χ0v) is 12.8. The van der Waals surface area contributed by atoms with E-state index >= 15 is 0 Å². The maximum absolute atomic E-state index is 6.43. The van der Waals surface area contributed by atoms with Gasteiger partial charge in [-0.05, 0) is 39.0 Å². The molecule has 1 spiro atoms. The van der Waals surface area contributed by atoms with Crippen molar-refractivity contribution in [1.82, 2.24) is 14.7 Å². The fourth-order valence-electron chi connectivity index (χ4n) is 3.20. The average Bonchev–Trinajstić information content (AvgIpc) is 2.96. The highest BCUT2D eigenvalue weighted by Gasteiger charge is 2.50. The van der Waals surface area contributed by atoms with Gasteiger partial charge in [0.05, 0.1) is 5.78 Å². The van der Waals surface area contributed by atoms with Gasteiger partial charge in [-0.25, -0.2) is 0 Å². The standard InChI is InChI=1S/C11H19N4P.C2H6/c1-14-6-3-11(4-7-14)8-2-5-13-15(8)10(16)9(11)12;1-2/h2,5,9-10H,3-4,6-7,12,16H2,1H3;1-2H3. The molecule has 0 aliphatic carbocycles. The van der Waals surface area contributed by atoms with Crippen LogP contribution in [-0.2, 0) is 5.41 Å². The lowest BCUT2D eigenvalue weighted by atomic mass is 9.72. The van der Waals surface area contributed by atoms with Crippen LogP contribution in [0.15, 0.2) is 12.3 Å². The predicted octanol–water partition coefficient (Wildman–Crippen LogP) is 1.59. The van der Waals surface area contributed by atoms with Crippen molar-refractivity contribution in [2.24, 2.45) is 5.73 Å². The highest BCUT2D eigenvalue weighted by Crippen LogP contribution is 2.48. The van der Waals surface area contributed by atoms with E-state index in [-0.39, 0.29) is 17.2 Å². The predicted molar refractivity (Wildman–Crippen MR) is 78.7 cm³/mol. The van der Waals surface area contributed by atoms with Gasteiger partial charge in [0.2, 0.25) is 0 Å².